The number of rotatable bonds is 3. The highest BCUT2D eigenvalue weighted by Gasteiger charge is 2.34. The molecule has 1 unspecified atom stereocenters. The fraction of sp³-hybridized carbons (Fsp3) is 0.478. The Hall–Kier alpha value is -2.08. The quantitative estimate of drug-likeness (QED) is 0.579. The minimum absolute atomic E-state index is 0.0770. The van der Waals surface area contributed by atoms with Crippen LogP contribution in [0.2, 0.25) is 0 Å². The number of piperidine rings is 1. The van der Waals surface area contributed by atoms with Crippen molar-refractivity contribution >= 4 is 22.0 Å². The molecule has 0 aliphatic carbocycles. The highest BCUT2D eigenvalue weighted by atomic mass is 79.9. The Morgan fingerprint density at radius 1 is 1.24 bits per heavy atom. The number of halogens is 1. The van der Waals surface area contributed by atoms with Crippen LogP contribution in [0.25, 0.3) is 11.1 Å². The van der Waals surface area contributed by atoms with E-state index in [1.165, 1.54) is 11.1 Å². The number of carbonyl (C=O) groups is 1. The Labute approximate surface area is 180 Å². The maximum Gasteiger partial charge on any atom is 0.410 e. The monoisotopic (exact) mass is 458 g/mol. The van der Waals surface area contributed by atoms with Crippen molar-refractivity contribution in [3.8, 4) is 16.9 Å². The van der Waals surface area contributed by atoms with Crippen molar-refractivity contribution in [2.45, 2.75) is 52.2 Å². The molecule has 4 rings (SSSR count). The number of likely N-dealkylation sites (tertiary alicyclic amines) is 1. The maximum absolute atomic E-state index is 12.1. The van der Waals surface area contributed by atoms with E-state index in [0.29, 0.717) is 5.92 Å². The number of aromatic nitrogens is 1. The molecule has 0 spiro atoms. The van der Waals surface area contributed by atoms with Crippen molar-refractivity contribution in [2.75, 3.05) is 13.1 Å². The molecule has 5 nitrogen and oxygen atoms in total. The molecule has 1 atom stereocenters. The molecular formula is C23H27BrN2O3. The Bertz CT molecular complexity index is 907. The Kier molecular flexibility index (Phi) is 5.81. The van der Waals surface area contributed by atoms with Crippen molar-refractivity contribution in [2.24, 2.45) is 5.92 Å². The van der Waals surface area contributed by atoms with Crippen LogP contribution >= 0.6 is 15.9 Å². The van der Waals surface area contributed by atoms with Gasteiger partial charge in [0.2, 0.25) is 0 Å². The Morgan fingerprint density at radius 2 is 2.00 bits per heavy atom. The number of aryl methyl sites for hydroxylation is 1. The average molecular weight is 459 g/mol. The van der Waals surface area contributed by atoms with Crippen molar-refractivity contribution in [3.05, 3.63) is 46.2 Å². The van der Waals surface area contributed by atoms with Gasteiger partial charge in [0.1, 0.15) is 16.5 Å². The maximum atomic E-state index is 12.1. The number of hydrogen-bond donors (Lipinski definition) is 0. The summed E-state index contributed by atoms with van der Waals surface area (Å²) in [6.07, 6.45) is 4.64. The van der Waals surface area contributed by atoms with Gasteiger partial charge in [-0.25, -0.2) is 9.78 Å². The van der Waals surface area contributed by atoms with E-state index >= 15 is 0 Å². The lowest BCUT2D eigenvalue weighted by Crippen LogP contribution is -2.43. The van der Waals surface area contributed by atoms with Gasteiger partial charge in [0.15, 0.2) is 0 Å². The van der Waals surface area contributed by atoms with Gasteiger partial charge in [0, 0.05) is 31.3 Å². The molecule has 0 radical (unpaired) electrons. The molecule has 29 heavy (non-hydrogen) atoms. The van der Waals surface area contributed by atoms with Crippen LogP contribution < -0.4 is 4.74 Å². The number of amides is 1. The number of nitrogens with zero attached hydrogens (tertiary/aromatic N) is 2. The first kappa shape index (κ1) is 20.2. The molecule has 1 saturated heterocycles. The van der Waals surface area contributed by atoms with Crippen LogP contribution in [-0.2, 0) is 11.2 Å². The largest absolute Gasteiger partial charge is 0.490 e. The average Bonchev–Trinajstić information content (AvgIpc) is 3.13. The summed E-state index contributed by atoms with van der Waals surface area (Å²) >= 11 is 3.46. The zero-order valence-electron chi connectivity index (χ0n) is 17.2. The van der Waals surface area contributed by atoms with Gasteiger partial charge in [-0.05, 0) is 90.4 Å². The van der Waals surface area contributed by atoms with Crippen LogP contribution in [0, 0.1) is 12.8 Å². The summed E-state index contributed by atoms with van der Waals surface area (Å²) in [5.74, 6) is 1.45. The molecule has 1 fully saturated rings. The van der Waals surface area contributed by atoms with E-state index < -0.39 is 0 Å². The standard InChI is InChI=1S/C23H27BrN2O3/c1-14(2)28-23(27)26-8-6-16(7-9-26)21-12-18-11-17(4-5-20(18)29-21)19-10-15(3)22(24)25-13-19/h4-5,10-11,13-14,16,21H,6-9,12H2,1-3H3. The van der Waals surface area contributed by atoms with Crippen molar-refractivity contribution < 1.29 is 14.3 Å². The van der Waals surface area contributed by atoms with E-state index in [9.17, 15) is 4.79 Å². The van der Waals surface area contributed by atoms with Crippen molar-refractivity contribution in [1.29, 1.82) is 0 Å². The third-order valence-corrected chi connectivity index (χ3v) is 6.60. The van der Waals surface area contributed by atoms with E-state index in [0.717, 1.165) is 53.8 Å². The van der Waals surface area contributed by atoms with E-state index in [2.05, 4.69) is 52.1 Å². The van der Waals surface area contributed by atoms with Crippen LogP contribution in [0.1, 0.15) is 37.8 Å². The molecule has 0 saturated carbocycles. The number of ether oxygens (including phenoxy) is 2. The summed E-state index contributed by atoms with van der Waals surface area (Å²) < 4.78 is 12.5. The minimum Gasteiger partial charge on any atom is -0.490 e. The number of pyridine rings is 1. The fourth-order valence-electron chi connectivity index (χ4n) is 4.16. The molecule has 0 bridgehead atoms. The topological polar surface area (TPSA) is 51.7 Å². The van der Waals surface area contributed by atoms with Gasteiger partial charge in [-0.3, -0.25) is 0 Å². The highest BCUT2D eigenvalue weighted by molar-refractivity contribution is 9.10. The van der Waals surface area contributed by atoms with E-state index in [1.54, 1.807) is 0 Å². The lowest BCUT2D eigenvalue weighted by atomic mass is 9.89. The van der Waals surface area contributed by atoms with Crippen LogP contribution in [0.5, 0.6) is 5.75 Å². The molecule has 2 aromatic rings. The summed E-state index contributed by atoms with van der Waals surface area (Å²) in [6.45, 7) is 7.29. The van der Waals surface area contributed by atoms with Gasteiger partial charge in [-0.15, -0.1) is 0 Å². The molecule has 0 N–H and O–H groups in total. The van der Waals surface area contributed by atoms with E-state index in [1.807, 2.05) is 24.9 Å². The number of benzene rings is 1. The zero-order chi connectivity index (χ0) is 20.5. The van der Waals surface area contributed by atoms with Crippen LogP contribution in [-0.4, -0.2) is 41.3 Å². The SMILES string of the molecule is Cc1cc(-c2ccc3c(c2)CC(C2CCN(C(=O)OC(C)C)CC2)O3)cnc1Br. The van der Waals surface area contributed by atoms with Gasteiger partial charge in [-0.2, -0.15) is 0 Å². The number of fused-ring (bicyclic) bond motifs is 1. The summed E-state index contributed by atoms with van der Waals surface area (Å²) in [5, 5.41) is 0. The fourth-order valence-corrected chi connectivity index (χ4v) is 4.38. The van der Waals surface area contributed by atoms with Crippen LogP contribution in [0.3, 0.4) is 0 Å². The molecule has 6 heteroatoms. The van der Waals surface area contributed by atoms with Gasteiger partial charge in [0.25, 0.3) is 0 Å². The zero-order valence-corrected chi connectivity index (χ0v) is 18.7. The van der Waals surface area contributed by atoms with Gasteiger partial charge in [-0.1, -0.05) is 6.07 Å². The summed E-state index contributed by atoms with van der Waals surface area (Å²) in [6, 6.07) is 8.57. The Balaban J connectivity index is 1.40. The summed E-state index contributed by atoms with van der Waals surface area (Å²) in [7, 11) is 0. The molecule has 1 aromatic heterocycles. The third-order valence-electron chi connectivity index (χ3n) is 5.77. The smallest absolute Gasteiger partial charge is 0.410 e. The second-order valence-corrected chi connectivity index (χ2v) is 9.02. The van der Waals surface area contributed by atoms with E-state index in [4.69, 9.17) is 9.47 Å². The molecule has 2 aliphatic rings. The Morgan fingerprint density at radius 3 is 2.69 bits per heavy atom. The van der Waals surface area contributed by atoms with E-state index in [-0.39, 0.29) is 18.3 Å². The first-order chi connectivity index (χ1) is 13.9. The normalized spacial score (nSPS) is 19.2. The first-order valence-corrected chi connectivity index (χ1v) is 11.1. The van der Waals surface area contributed by atoms with Gasteiger partial charge in [0.05, 0.1) is 6.10 Å². The van der Waals surface area contributed by atoms with Gasteiger partial charge >= 0.3 is 6.09 Å². The molecule has 3 heterocycles. The minimum atomic E-state index is -0.197. The van der Waals surface area contributed by atoms with Crippen molar-refractivity contribution in [3.63, 3.8) is 0 Å². The predicted molar refractivity (Wildman–Crippen MR) is 116 cm³/mol. The number of hydrogen-bond acceptors (Lipinski definition) is 4. The number of carbonyl (C=O) groups excluding carboxylic acids is 1. The molecule has 1 aromatic carbocycles. The van der Waals surface area contributed by atoms with Gasteiger partial charge < -0.3 is 14.4 Å². The summed E-state index contributed by atoms with van der Waals surface area (Å²) in [4.78, 5) is 18.3. The van der Waals surface area contributed by atoms with Crippen LogP contribution in [0.15, 0.2) is 35.1 Å². The predicted octanol–water partition coefficient (Wildman–Crippen LogP) is 5.38. The summed E-state index contributed by atoms with van der Waals surface area (Å²) in [5.41, 5.74) is 4.67. The van der Waals surface area contributed by atoms with Crippen molar-refractivity contribution in [1.82, 2.24) is 9.88 Å². The molecule has 1 amide bonds. The lowest BCUT2D eigenvalue weighted by molar-refractivity contribution is 0.0503. The second-order valence-electron chi connectivity index (χ2n) is 8.27. The van der Waals surface area contributed by atoms with Crippen LogP contribution in [0.4, 0.5) is 4.79 Å². The highest BCUT2D eigenvalue weighted by Crippen LogP contribution is 2.37. The third kappa shape index (κ3) is 4.42. The second kappa shape index (κ2) is 8.34. The first-order valence-electron chi connectivity index (χ1n) is 10.3. The molecule has 154 valence electrons. The lowest BCUT2D eigenvalue weighted by Gasteiger charge is -2.34. The molecule has 2 aliphatic heterocycles. The molecular weight excluding hydrogens is 432 g/mol.